The van der Waals surface area contributed by atoms with Gasteiger partial charge in [0, 0.05) is 29.3 Å². The number of amides is 1. The number of carbonyl (C=O) groups is 1. The smallest absolute Gasteiger partial charge is 0.226 e. The second-order valence-corrected chi connectivity index (χ2v) is 11.9. The summed E-state index contributed by atoms with van der Waals surface area (Å²) in [5.74, 6) is 2.89. The van der Waals surface area contributed by atoms with Gasteiger partial charge in [-0.25, -0.2) is 4.39 Å². The van der Waals surface area contributed by atoms with Crippen LogP contribution in [0.25, 0.3) is 0 Å². The molecule has 0 aromatic heterocycles. The first-order valence-corrected chi connectivity index (χ1v) is 13.1. The van der Waals surface area contributed by atoms with Crippen LogP contribution in [0.4, 0.5) is 10.1 Å². The highest BCUT2D eigenvalue weighted by Crippen LogP contribution is 2.57. The van der Waals surface area contributed by atoms with Gasteiger partial charge in [0.15, 0.2) is 5.17 Å². The van der Waals surface area contributed by atoms with Gasteiger partial charge in [0.1, 0.15) is 5.82 Å². The molecule has 6 fully saturated rings. The van der Waals surface area contributed by atoms with E-state index in [2.05, 4.69) is 10.2 Å². The fourth-order valence-corrected chi connectivity index (χ4v) is 8.43. The molecule has 0 radical (unpaired) electrons. The molecule has 4 nitrogen and oxygen atoms in total. The van der Waals surface area contributed by atoms with Crippen molar-refractivity contribution in [3.63, 3.8) is 0 Å². The largest absolute Gasteiger partial charge is 0.344 e. The summed E-state index contributed by atoms with van der Waals surface area (Å²) in [4.78, 5) is 20.6. The van der Waals surface area contributed by atoms with E-state index >= 15 is 0 Å². The molecule has 7 heteroatoms. The molecule has 166 valence electrons. The Morgan fingerprint density at radius 2 is 1.87 bits per heavy atom. The topological polar surface area (TPSA) is 44.7 Å². The minimum Gasteiger partial charge on any atom is -0.344 e. The molecule has 1 N–H and O–H groups in total. The number of nitrogens with zero attached hydrogens (tertiary/aromatic N) is 2. The standard InChI is InChI=1S/C24H29ClFN3OS/c25-17-1-4-21(20(26)8-17)27-22(30)9-19-13-31-23(29(19)18-2-3-18)28-24-10-14-5-15(11-24)7-16(6-14)12-24/h1,4,8,14-16,18-19H,2-3,5-7,9-13H2,(H,27,30). The average Bonchev–Trinajstić information content (AvgIpc) is 3.45. The maximum absolute atomic E-state index is 14.1. The van der Waals surface area contributed by atoms with Crippen LogP contribution in [-0.4, -0.2) is 39.4 Å². The predicted molar refractivity (Wildman–Crippen MR) is 124 cm³/mol. The minimum atomic E-state index is -0.496. The van der Waals surface area contributed by atoms with Crippen LogP contribution < -0.4 is 5.32 Å². The highest BCUT2D eigenvalue weighted by molar-refractivity contribution is 8.14. The molecule has 1 atom stereocenters. The molecule has 0 spiro atoms. The van der Waals surface area contributed by atoms with Crippen LogP contribution in [0.3, 0.4) is 0 Å². The van der Waals surface area contributed by atoms with Gasteiger partial charge < -0.3 is 10.2 Å². The molecular formula is C24H29ClFN3OS. The molecule has 1 aliphatic heterocycles. The van der Waals surface area contributed by atoms with Crippen molar-refractivity contribution in [1.29, 1.82) is 0 Å². The van der Waals surface area contributed by atoms with Gasteiger partial charge in [-0.2, -0.15) is 0 Å². The number of aliphatic imine (C=N–C) groups is 1. The summed E-state index contributed by atoms with van der Waals surface area (Å²) in [6.07, 6.45) is 10.8. The van der Waals surface area contributed by atoms with Crippen LogP contribution >= 0.6 is 23.4 Å². The monoisotopic (exact) mass is 461 g/mol. The predicted octanol–water partition coefficient (Wildman–Crippen LogP) is 5.71. The minimum absolute atomic E-state index is 0.139. The van der Waals surface area contributed by atoms with Crippen molar-refractivity contribution in [3.05, 3.63) is 29.0 Å². The number of hydrogen-bond acceptors (Lipinski definition) is 3. The van der Waals surface area contributed by atoms with Crippen LogP contribution in [0.2, 0.25) is 5.02 Å². The van der Waals surface area contributed by atoms with Crippen molar-refractivity contribution in [2.45, 2.75) is 75.4 Å². The van der Waals surface area contributed by atoms with Gasteiger partial charge in [-0.15, -0.1) is 0 Å². The second-order valence-electron chi connectivity index (χ2n) is 10.5. The fourth-order valence-electron chi connectivity index (χ4n) is 6.95. The number of rotatable bonds is 5. The Balaban J connectivity index is 1.17. The van der Waals surface area contributed by atoms with E-state index in [1.165, 1.54) is 68.7 Å². The lowest BCUT2D eigenvalue weighted by Crippen LogP contribution is -2.50. The molecule has 1 aromatic carbocycles. The Bertz CT molecular complexity index is 898. The molecule has 6 aliphatic rings. The summed E-state index contributed by atoms with van der Waals surface area (Å²) in [7, 11) is 0. The third-order valence-corrected chi connectivity index (χ3v) is 9.27. The zero-order chi connectivity index (χ0) is 21.2. The van der Waals surface area contributed by atoms with E-state index in [1.807, 2.05) is 11.8 Å². The summed E-state index contributed by atoms with van der Waals surface area (Å²) in [5.41, 5.74) is 0.355. The van der Waals surface area contributed by atoms with E-state index < -0.39 is 5.82 Å². The lowest BCUT2D eigenvalue weighted by molar-refractivity contribution is -0.117. The molecule has 5 aliphatic carbocycles. The molecule has 1 aromatic rings. The molecule has 5 saturated carbocycles. The van der Waals surface area contributed by atoms with Gasteiger partial charge in [-0.05, 0) is 87.3 Å². The zero-order valence-electron chi connectivity index (χ0n) is 17.7. The number of halogens is 2. The summed E-state index contributed by atoms with van der Waals surface area (Å²) < 4.78 is 14.1. The van der Waals surface area contributed by atoms with Gasteiger partial charge in [-0.3, -0.25) is 9.79 Å². The van der Waals surface area contributed by atoms with Crippen molar-refractivity contribution in [2.24, 2.45) is 22.7 Å². The van der Waals surface area contributed by atoms with E-state index in [-0.39, 0.29) is 23.2 Å². The normalized spacial score (nSPS) is 37.6. The van der Waals surface area contributed by atoms with Crippen LogP contribution in [-0.2, 0) is 4.79 Å². The first-order chi connectivity index (χ1) is 15.0. The Morgan fingerprint density at radius 3 is 2.48 bits per heavy atom. The van der Waals surface area contributed by atoms with E-state index in [4.69, 9.17) is 16.6 Å². The van der Waals surface area contributed by atoms with Gasteiger partial charge in [-0.1, -0.05) is 23.4 Å². The zero-order valence-corrected chi connectivity index (χ0v) is 19.2. The van der Waals surface area contributed by atoms with Crippen molar-refractivity contribution in [1.82, 2.24) is 4.90 Å². The molecule has 1 heterocycles. The van der Waals surface area contributed by atoms with Crippen molar-refractivity contribution in [2.75, 3.05) is 11.1 Å². The van der Waals surface area contributed by atoms with Crippen molar-refractivity contribution >= 4 is 40.1 Å². The third-order valence-electron chi connectivity index (χ3n) is 7.92. The summed E-state index contributed by atoms with van der Waals surface area (Å²) in [6, 6.07) is 5.01. The molecule has 7 rings (SSSR count). The number of anilines is 1. The summed E-state index contributed by atoms with van der Waals surface area (Å²) >= 11 is 7.65. The summed E-state index contributed by atoms with van der Waals surface area (Å²) in [5, 5.41) is 4.24. The van der Waals surface area contributed by atoms with Crippen molar-refractivity contribution in [3.8, 4) is 0 Å². The Hall–Kier alpha value is -1.27. The van der Waals surface area contributed by atoms with E-state index in [0.29, 0.717) is 17.5 Å². The van der Waals surface area contributed by atoms with Gasteiger partial charge in [0.2, 0.25) is 5.91 Å². The maximum atomic E-state index is 14.1. The molecule has 1 unspecified atom stereocenters. The molecular weight excluding hydrogens is 433 g/mol. The molecule has 1 amide bonds. The lowest BCUT2D eigenvalue weighted by Gasteiger charge is -2.55. The highest BCUT2D eigenvalue weighted by atomic mass is 35.5. The highest BCUT2D eigenvalue weighted by Gasteiger charge is 2.52. The Morgan fingerprint density at radius 1 is 1.19 bits per heavy atom. The second kappa shape index (κ2) is 7.65. The molecule has 31 heavy (non-hydrogen) atoms. The van der Waals surface area contributed by atoms with Gasteiger partial charge in [0.25, 0.3) is 0 Å². The third kappa shape index (κ3) is 3.99. The number of amidine groups is 1. The number of hydrogen-bond donors (Lipinski definition) is 1. The van der Waals surface area contributed by atoms with Crippen molar-refractivity contribution < 1.29 is 9.18 Å². The maximum Gasteiger partial charge on any atom is 0.226 e. The Labute approximate surface area is 192 Å². The summed E-state index contributed by atoms with van der Waals surface area (Å²) in [6.45, 7) is 0. The lowest BCUT2D eigenvalue weighted by atomic mass is 9.53. The fraction of sp³-hybridized carbons (Fsp3) is 0.667. The number of thioether (sulfide) groups is 1. The van der Waals surface area contributed by atoms with Gasteiger partial charge in [0.05, 0.1) is 11.2 Å². The SMILES string of the molecule is O=C(CC1CSC(=NC23CC4CC(CC(C4)C2)C3)N1C1CC1)Nc1ccc(Cl)cc1F. The molecule has 1 saturated heterocycles. The van der Waals surface area contributed by atoms with E-state index in [9.17, 15) is 9.18 Å². The van der Waals surface area contributed by atoms with Crippen LogP contribution in [0.5, 0.6) is 0 Å². The quantitative estimate of drug-likeness (QED) is 0.610. The van der Waals surface area contributed by atoms with Crippen LogP contribution in [0.15, 0.2) is 23.2 Å². The first kappa shape index (κ1) is 20.3. The average molecular weight is 462 g/mol. The van der Waals surface area contributed by atoms with E-state index in [0.717, 1.165) is 23.5 Å². The van der Waals surface area contributed by atoms with Gasteiger partial charge >= 0.3 is 0 Å². The van der Waals surface area contributed by atoms with Crippen LogP contribution in [0, 0.1) is 23.6 Å². The number of carbonyl (C=O) groups excluding carboxylic acids is 1. The number of benzene rings is 1. The van der Waals surface area contributed by atoms with E-state index in [1.54, 1.807) is 6.07 Å². The number of nitrogens with one attached hydrogen (secondary N) is 1. The van der Waals surface area contributed by atoms with Crippen LogP contribution in [0.1, 0.15) is 57.8 Å². The first-order valence-electron chi connectivity index (χ1n) is 11.7. The molecule has 4 bridgehead atoms. The Kier molecular flexibility index (Phi) is 5.02.